The van der Waals surface area contributed by atoms with Crippen molar-refractivity contribution in [1.29, 1.82) is 0 Å². The molecule has 0 bridgehead atoms. The van der Waals surface area contributed by atoms with Gasteiger partial charge in [0.25, 0.3) is 0 Å². The number of anilines is 2. The van der Waals surface area contributed by atoms with Gasteiger partial charge in [-0.3, -0.25) is 0 Å². The number of rotatable bonds is 4. The van der Waals surface area contributed by atoms with E-state index in [0.29, 0.717) is 0 Å². The Balaban J connectivity index is 0.000000208. The lowest BCUT2D eigenvalue weighted by Crippen LogP contribution is -2.57. The number of nitrogen functional groups attached to an aromatic ring is 2. The van der Waals surface area contributed by atoms with Gasteiger partial charge in [-0.1, -0.05) is 46.6 Å². The highest BCUT2D eigenvalue weighted by Gasteiger charge is 1.96. The lowest BCUT2D eigenvalue weighted by atomic mass is 10.3. The molecule has 4 aromatic rings. The average molecular weight is 492 g/mol. The summed E-state index contributed by atoms with van der Waals surface area (Å²) in [6, 6.07) is 34.4. The summed E-state index contributed by atoms with van der Waals surface area (Å²) in [4.78, 5) is 24.3. The van der Waals surface area contributed by atoms with Crippen LogP contribution in [0.2, 0.25) is 0 Å². The molecule has 0 amide bonds. The van der Waals surface area contributed by atoms with E-state index in [2.05, 4.69) is 20.5 Å². The van der Waals surface area contributed by atoms with Crippen molar-refractivity contribution in [3.8, 4) is 0 Å². The normalized spacial score (nSPS) is 10.8. The Morgan fingerprint density at radius 2 is 0.886 bits per heavy atom. The zero-order chi connectivity index (χ0) is 25.5. The minimum atomic E-state index is -5.14. The number of para-hydroxylation sites is 2. The average Bonchev–Trinajstić information content (AvgIpc) is 2.84. The predicted molar refractivity (Wildman–Crippen MR) is 130 cm³/mol. The Morgan fingerprint density at radius 3 is 1.17 bits per heavy atom. The SMILES string of the molecule is Nc1ccc([NH+]=Nc2ccccc2)cc1.Nc1ccc([NH+]=Nc2ccccc2)cc1.O=P([O-])([O-])O. The fourth-order valence-electron chi connectivity index (χ4n) is 2.38. The molecule has 11 heteroatoms. The quantitative estimate of drug-likeness (QED) is 0.162. The molecule has 0 saturated carbocycles. The molecule has 0 unspecified atom stereocenters. The Bertz CT molecular complexity index is 1150. The number of benzene rings is 4. The zero-order valence-electron chi connectivity index (χ0n) is 18.6. The second-order valence-corrected chi connectivity index (χ2v) is 7.77. The van der Waals surface area contributed by atoms with Crippen LogP contribution in [0, 0.1) is 0 Å². The molecule has 0 atom stereocenters. The van der Waals surface area contributed by atoms with Crippen LogP contribution in [0.4, 0.5) is 34.1 Å². The van der Waals surface area contributed by atoms with Gasteiger partial charge in [0.1, 0.15) is 11.4 Å². The highest BCUT2D eigenvalue weighted by Crippen LogP contribution is 2.11. The number of hydrogen-bond donors (Lipinski definition) is 5. The Morgan fingerprint density at radius 1 is 0.600 bits per heavy atom. The molecule has 0 fully saturated rings. The smallest absolute Gasteiger partial charge is 0.229 e. The van der Waals surface area contributed by atoms with E-state index >= 15 is 0 Å². The van der Waals surface area contributed by atoms with E-state index in [-0.39, 0.29) is 0 Å². The lowest BCUT2D eigenvalue weighted by Gasteiger charge is -2.19. The topological polar surface area (TPSA) is 188 Å². The minimum absolute atomic E-state index is 0.750. The molecule has 0 heterocycles. The van der Waals surface area contributed by atoms with Crippen molar-refractivity contribution in [3.63, 3.8) is 0 Å². The zero-order valence-corrected chi connectivity index (χ0v) is 19.5. The molecule has 0 aliphatic heterocycles. The van der Waals surface area contributed by atoms with Crippen LogP contribution in [0.3, 0.4) is 0 Å². The van der Waals surface area contributed by atoms with Gasteiger partial charge >= 0.3 is 0 Å². The largest absolute Gasteiger partial charge is 0.790 e. The molecule has 4 aromatic carbocycles. The summed E-state index contributed by atoms with van der Waals surface area (Å²) >= 11 is 0. The predicted octanol–water partition coefficient (Wildman–Crippen LogP) is 1.34. The molecular formula is C24H25N6O4P. The van der Waals surface area contributed by atoms with Gasteiger partial charge in [-0.25, -0.2) is 0 Å². The van der Waals surface area contributed by atoms with Gasteiger partial charge < -0.3 is 30.7 Å². The van der Waals surface area contributed by atoms with Crippen molar-refractivity contribution in [2.24, 2.45) is 10.2 Å². The van der Waals surface area contributed by atoms with Crippen molar-refractivity contribution in [2.45, 2.75) is 0 Å². The van der Waals surface area contributed by atoms with Crippen LogP contribution in [0.15, 0.2) is 119 Å². The lowest BCUT2D eigenvalue weighted by molar-refractivity contribution is -0.433. The van der Waals surface area contributed by atoms with Crippen LogP contribution in [0.5, 0.6) is 0 Å². The summed E-state index contributed by atoms with van der Waals surface area (Å²) in [5, 5.41) is 14.3. The molecule has 4 rings (SSSR count). The molecule has 10 nitrogen and oxygen atoms in total. The molecule has 0 spiro atoms. The van der Waals surface area contributed by atoms with Gasteiger partial charge in [0.15, 0.2) is 0 Å². The fraction of sp³-hybridized carbons (Fsp3) is 0. The van der Waals surface area contributed by atoms with Crippen molar-refractivity contribution in [1.82, 2.24) is 0 Å². The highest BCUT2D eigenvalue weighted by molar-refractivity contribution is 7.42. The van der Waals surface area contributed by atoms with E-state index in [4.69, 9.17) is 30.7 Å². The molecule has 0 aliphatic carbocycles. The molecule has 0 saturated heterocycles. The molecule has 35 heavy (non-hydrogen) atoms. The van der Waals surface area contributed by atoms with E-state index in [1.54, 1.807) is 0 Å². The monoisotopic (exact) mass is 492 g/mol. The number of nitrogens with zero attached hydrogens (tertiary/aromatic N) is 2. The van der Waals surface area contributed by atoms with E-state index in [0.717, 1.165) is 34.1 Å². The van der Waals surface area contributed by atoms with Crippen LogP contribution >= 0.6 is 7.82 Å². The van der Waals surface area contributed by atoms with Gasteiger partial charge in [-0.05, 0) is 58.8 Å². The van der Waals surface area contributed by atoms with E-state index in [1.165, 1.54) is 0 Å². The summed E-state index contributed by atoms with van der Waals surface area (Å²) in [7, 11) is -5.14. The Hall–Kier alpha value is -4.21. The number of hydrogen-bond acceptors (Lipinski definition) is 7. The van der Waals surface area contributed by atoms with Gasteiger partial charge in [-0.2, -0.15) is 0 Å². The molecule has 0 aliphatic rings. The van der Waals surface area contributed by atoms with E-state index in [9.17, 15) is 0 Å². The van der Waals surface area contributed by atoms with Crippen molar-refractivity contribution in [3.05, 3.63) is 109 Å². The third-order valence-corrected chi connectivity index (χ3v) is 3.96. The first-order chi connectivity index (χ1) is 16.7. The summed E-state index contributed by atoms with van der Waals surface area (Å²) in [5.41, 5.74) is 16.3. The number of phosphoric acid groups is 1. The Kier molecular flexibility index (Phi) is 10.9. The van der Waals surface area contributed by atoms with E-state index in [1.807, 2.05) is 109 Å². The van der Waals surface area contributed by atoms with Crippen LogP contribution < -0.4 is 31.5 Å². The molecule has 0 aromatic heterocycles. The maximum Gasteiger partial charge on any atom is 0.229 e. The second-order valence-electron chi connectivity index (χ2n) is 6.83. The first-order valence-electron chi connectivity index (χ1n) is 10.2. The van der Waals surface area contributed by atoms with Crippen LogP contribution in [0.25, 0.3) is 0 Å². The maximum absolute atomic E-state index is 8.66. The first kappa shape index (κ1) is 27.0. The molecule has 180 valence electrons. The summed E-state index contributed by atoms with van der Waals surface area (Å²) in [5.74, 6) is 0. The van der Waals surface area contributed by atoms with Crippen LogP contribution in [-0.2, 0) is 4.57 Å². The third-order valence-electron chi connectivity index (χ3n) is 3.96. The van der Waals surface area contributed by atoms with E-state index < -0.39 is 7.82 Å². The summed E-state index contributed by atoms with van der Waals surface area (Å²) in [6.45, 7) is 0. The standard InChI is InChI=1S/2C12H11N3.H3O4P/c2*13-10-6-8-12(9-7-10)15-14-11-4-2-1-3-5-11;1-5(2,3)4/h2*1-9H,13H2;(H3,1,2,3,4). The van der Waals surface area contributed by atoms with Crippen molar-refractivity contribution < 1.29 is 29.5 Å². The molecule has 0 radical (unpaired) electrons. The number of azo groups is 2. The maximum atomic E-state index is 8.66. The number of nitrogens with two attached hydrogens (primary N) is 2. The van der Waals surface area contributed by atoms with Crippen LogP contribution in [0.1, 0.15) is 0 Å². The number of nitrogens with one attached hydrogen (secondary N) is 2. The summed E-state index contributed by atoms with van der Waals surface area (Å²) < 4.78 is 8.66. The summed E-state index contributed by atoms with van der Waals surface area (Å²) in [6.07, 6.45) is 0. The van der Waals surface area contributed by atoms with Crippen LogP contribution in [-0.4, -0.2) is 4.89 Å². The van der Waals surface area contributed by atoms with Gasteiger partial charge in [0.05, 0.1) is 7.82 Å². The Labute approximate surface area is 202 Å². The van der Waals surface area contributed by atoms with Crippen molar-refractivity contribution >= 4 is 41.9 Å². The third kappa shape index (κ3) is 13.2. The van der Waals surface area contributed by atoms with Gasteiger partial charge in [0.2, 0.25) is 11.4 Å². The minimum Gasteiger partial charge on any atom is -0.790 e. The van der Waals surface area contributed by atoms with Gasteiger partial charge in [0, 0.05) is 35.6 Å². The highest BCUT2D eigenvalue weighted by atomic mass is 31.2. The molecule has 7 N–H and O–H groups in total. The van der Waals surface area contributed by atoms with Gasteiger partial charge in [-0.15, -0.1) is 0 Å². The second kappa shape index (κ2) is 14.1. The van der Waals surface area contributed by atoms with Crippen molar-refractivity contribution in [2.75, 3.05) is 11.5 Å². The first-order valence-corrected chi connectivity index (χ1v) is 11.7. The fourth-order valence-corrected chi connectivity index (χ4v) is 2.38. The molecular weight excluding hydrogens is 467 g/mol.